The van der Waals surface area contributed by atoms with E-state index in [1.165, 1.54) is 167 Å². The second-order valence-electron chi connectivity index (χ2n) is 17.8. The van der Waals surface area contributed by atoms with Gasteiger partial charge in [0, 0.05) is 19.3 Å². The third-order valence-electron chi connectivity index (χ3n) is 11.7. The zero-order chi connectivity index (χ0) is 43.7. The van der Waals surface area contributed by atoms with Crippen molar-refractivity contribution >= 4 is 17.9 Å². The molecule has 6 nitrogen and oxygen atoms in total. The van der Waals surface area contributed by atoms with Crippen LogP contribution in [0.1, 0.15) is 284 Å². The number of unbranched alkanes of at least 4 members (excludes halogenated alkanes) is 33. The number of hydrogen-bond donors (Lipinski definition) is 0. The molecule has 0 aromatic heterocycles. The lowest BCUT2D eigenvalue weighted by Crippen LogP contribution is -2.30. The Morgan fingerprint density at radius 2 is 0.600 bits per heavy atom. The van der Waals surface area contributed by atoms with Crippen molar-refractivity contribution in [3.8, 4) is 0 Å². The van der Waals surface area contributed by atoms with Crippen LogP contribution in [0.25, 0.3) is 0 Å². The van der Waals surface area contributed by atoms with Gasteiger partial charge in [-0.3, -0.25) is 14.4 Å². The maximum absolute atomic E-state index is 12.8. The molecule has 60 heavy (non-hydrogen) atoms. The minimum Gasteiger partial charge on any atom is -0.462 e. The normalized spacial score (nSPS) is 12.1. The Kier molecular flexibility index (Phi) is 47.8. The second-order valence-corrected chi connectivity index (χ2v) is 17.8. The van der Waals surface area contributed by atoms with Crippen LogP contribution in [0.3, 0.4) is 0 Å². The fourth-order valence-corrected chi connectivity index (χ4v) is 7.71. The van der Waals surface area contributed by atoms with Gasteiger partial charge in [0.1, 0.15) is 13.2 Å². The van der Waals surface area contributed by atoms with Crippen molar-refractivity contribution in [3.05, 3.63) is 24.3 Å². The maximum Gasteiger partial charge on any atom is 0.306 e. The molecule has 6 heteroatoms. The van der Waals surface area contributed by atoms with Crippen LogP contribution in [0.15, 0.2) is 24.3 Å². The van der Waals surface area contributed by atoms with Crippen molar-refractivity contribution in [2.24, 2.45) is 0 Å². The van der Waals surface area contributed by atoms with Gasteiger partial charge in [0.25, 0.3) is 0 Å². The number of ether oxygens (including phenoxy) is 3. The van der Waals surface area contributed by atoms with Crippen LogP contribution in [-0.4, -0.2) is 37.2 Å². The van der Waals surface area contributed by atoms with Crippen molar-refractivity contribution in [1.82, 2.24) is 0 Å². The van der Waals surface area contributed by atoms with Crippen molar-refractivity contribution in [3.63, 3.8) is 0 Å². The van der Waals surface area contributed by atoms with Gasteiger partial charge in [-0.05, 0) is 51.4 Å². The zero-order valence-electron chi connectivity index (χ0n) is 40.2. The molecule has 0 amide bonds. The lowest BCUT2D eigenvalue weighted by Gasteiger charge is -2.18. The van der Waals surface area contributed by atoms with E-state index in [1.807, 2.05) is 0 Å². The molecule has 0 saturated carbocycles. The number of carbonyl (C=O) groups is 3. The van der Waals surface area contributed by atoms with Gasteiger partial charge >= 0.3 is 17.9 Å². The number of hydrogen-bond acceptors (Lipinski definition) is 6. The van der Waals surface area contributed by atoms with Crippen LogP contribution >= 0.6 is 0 Å². The molecule has 0 bridgehead atoms. The maximum atomic E-state index is 12.8. The number of esters is 3. The Hall–Kier alpha value is -2.11. The topological polar surface area (TPSA) is 78.9 Å². The Morgan fingerprint density at radius 1 is 0.333 bits per heavy atom. The minimum atomic E-state index is -0.770. The molecule has 0 aromatic carbocycles. The first-order valence-electron chi connectivity index (χ1n) is 26.3. The smallest absolute Gasteiger partial charge is 0.306 e. The predicted octanol–water partition coefficient (Wildman–Crippen LogP) is 17.2. The minimum absolute atomic E-state index is 0.0708. The SMILES string of the molecule is CCCCCC=CCC=CCCCCCCCC(=O)OC[C@@H](COC(=O)CCCCCCCCCCCCCC)OC(=O)CCCCCCCCCCCCCCCCC. The van der Waals surface area contributed by atoms with Gasteiger partial charge in [-0.15, -0.1) is 0 Å². The first-order valence-corrected chi connectivity index (χ1v) is 26.3. The summed E-state index contributed by atoms with van der Waals surface area (Å²) in [5, 5.41) is 0. The average Bonchev–Trinajstić information content (AvgIpc) is 3.24. The summed E-state index contributed by atoms with van der Waals surface area (Å²) in [5.74, 6) is -0.870. The highest BCUT2D eigenvalue weighted by molar-refractivity contribution is 5.71. The molecule has 0 saturated heterocycles. The highest BCUT2D eigenvalue weighted by Crippen LogP contribution is 2.16. The molecule has 0 heterocycles. The van der Waals surface area contributed by atoms with Gasteiger partial charge in [-0.25, -0.2) is 0 Å². The van der Waals surface area contributed by atoms with Crippen molar-refractivity contribution in [2.75, 3.05) is 13.2 Å². The van der Waals surface area contributed by atoms with E-state index in [0.29, 0.717) is 19.3 Å². The zero-order valence-corrected chi connectivity index (χ0v) is 40.2. The summed E-state index contributed by atoms with van der Waals surface area (Å²) in [5.41, 5.74) is 0. The quantitative estimate of drug-likeness (QED) is 0.0263. The molecule has 0 aromatic rings. The monoisotopic (exact) mass is 845 g/mol. The summed E-state index contributed by atoms with van der Waals surface area (Å²) in [6.45, 7) is 6.63. The summed E-state index contributed by atoms with van der Waals surface area (Å²) in [4.78, 5) is 38.0. The summed E-state index contributed by atoms with van der Waals surface area (Å²) >= 11 is 0. The molecule has 0 unspecified atom stereocenters. The van der Waals surface area contributed by atoms with E-state index in [2.05, 4.69) is 45.1 Å². The van der Waals surface area contributed by atoms with Gasteiger partial charge in [-0.1, -0.05) is 238 Å². The van der Waals surface area contributed by atoms with E-state index in [0.717, 1.165) is 77.0 Å². The molecule has 0 aliphatic carbocycles. The second kappa shape index (κ2) is 49.5. The highest BCUT2D eigenvalue weighted by atomic mass is 16.6. The van der Waals surface area contributed by atoms with Gasteiger partial charge in [0.05, 0.1) is 0 Å². The molecular weight excluding hydrogens is 745 g/mol. The summed E-state index contributed by atoms with van der Waals surface area (Å²) in [7, 11) is 0. The average molecular weight is 845 g/mol. The summed E-state index contributed by atoms with van der Waals surface area (Å²) < 4.78 is 16.8. The fraction of sp³-hybridized carbons (Fsp3) is 0.870. The Labute approximate surface area is 373 Å². The lowest BCUT2D eigenvalue weighted by molar-refractivity contribution is -0.167. The van der Waals surface area contributed by atoms with E-state index in [1.54, 1.807) is 0 Å². The molecule has 0 radical (unpaired) electrons. The Balaban J connectivity index is 4.35. The largest absolute Gasteiger partial charge is 0.462 e. The van der Waals surface area contributed by atoms with E-state index in [4.69, 9.17) is 14.2 Å². The lowest BCUT2D eigenvalue weighted by atomic mass is 10.0. The molecule has 0 N–H and O–H groups in total. The molecule has 0 rings (SSSR count). The summed E-state index contributed by atoms with van der Waals surface area (Å²) in [6, 6.07) is 0. The van der Waals surface area contributed by atoms with Crippen LogP contribution < -0.4 is 0 Å². The van der Waals surface area contributed by atoms with Gasteiger partial charge in [0.2, 0.25) is 0 Å². The first kappa shape index (κ1) is 57.9. The molecule has 1 atom stereocenters. The molecule has 0 spiro atoms. The van der Waals surface area contributed by atoms with Crippen molar-refractivity contribution < 1.29 is 28.6 Å². The van der Waals surface area contributed by atoms with E-state index in [9.17, 15) is 14.4 Å². The van der Waals surface area contributed by atoms with Crippen LogP contribution in [-0.2, 0) is 28.6 Å². The Morgan fingerprint density at radius 3 is 0.950 bits per heavy atom. The summed E-state index contributed by atoms with van der Waals surface area (Å²) in [6.07, 6.45) is 55.8. The van der Waals surface area contributed by atoms with Crippen LogP contribution in [0.5, 0.6) is 0 Å². The molecule has 0 aliphatic rings. The first-order chi connectivity index (χ1) is 29.5. The van der Waals surface area contributed by atoms with E-state index < -0.39 is 6.10 Å². The van der Waals surface area contributed by atoms with Gasteiger partial charge < -0.3 is 14.2 Å². The van der Waals surface area contributed by atoms with Crippen LogP contribution in [0.4, 0.5) is 0 Å². The number of rotatable bonds is 48. The van der Waals surface area contributed by atoms with Gasteiger partial charge in [0.15, 0.2) is 6.10 Å². The Bertz CT molecular complexity index is 973. The van der Waals surface area contributed by atoms with Crippen molar-refractivity contribution in [2.45, 2.75) is 290 Å². The van der Waals surface area contributed by atoms with E-state index in [-0.39, 0.29) is 31.1 Å². The van der Waals surface area contributed by atoms with Crippen molar-refractivity contribution in [1.29, 1.82) is 0 Å². The molecule has 0 aliphatic heterocycles. The molecule has 352 valence electrons. The molecule has 0 fully saturated rings. The van der Waals surface area contributed by atoms with Crippen LogP contribution in [0.2, 0.25) is 0 Å². The predicted molar refractivity (Wildman–Crippen MR) is 256 cm³/mol. The number of carbonyl (C=O) groups excluding carboxylic acids is 3. The number of allylic oxidation sites excluding steroid dienone is 4. The third-order valence-corrected chi connectivity index (χ3v) is 11.7. The molecular formula is C54H100O6. The standard InChI is InChI=1S/C54H100O6/c1-4-7-10-13-16-19-22-25-27-29-32-35-38-41-44-47-53(56)59-50-51(49-58-52(55)46-43-40-37-34-31-24-21-18-15-12-9-6-3)60-54(57)48-45-42-39-36-33-30-28-26-23-20-17-14-11-8-5-2/h16,19,25,27,51H,4-15,17-18,20-24,26,28-50H2,1-3H3/t51-/m1/s1. The van der Waals surface area contributed by atoms with Crippen LogP contribution in [0, 0.1) is 0 Å². The van der Waals surface area contributed by atoms with E-state index >= 15 is 0 Å². The fourth-order valence-electron chi connectivity index (χ4n) is 7.71. The highest BCUT2D eigenvalue weighted by Gasteiger charge is 2.19. The third kappa shape index (κ3) is 46.9. The van der Waals surface area contributed by atoms with Gasteiger partial charge in [-0.2, -0.15) is 0 Å².